The molecule has 2 rings (SSSR count). The number of nitrogens with two attached hydrogens (primary N) is 1. The van der Waals surface area contributed by atoms with Crippen LogP contribution in [-0.2, 0) is 0 Å². The third-order valence-corrected chi connectivity index (χ3v) is 4.10. The summed E-state index contributed by atoms with van der Waals surface area (Å²) in [4.78, 5) is 0. The van der Waals surface area contributed by atoms with Gasteiger partial charge in [-0.2, -0.15) is 0 Å². The van der Waals surface area contributed by atoms with Crippen LogP contribution in [0.15, 0.2) is 21.1 Å². The van der Waals surface area contributed by atoms with E-state index in [-0.39, 0.29) is 11.8 Å². The Morgan fingerprint density at radius 1 is 1.33 bits per heavy atom. The average molecular weight is 335 g/mol. The Morgan fingerprint density at radius 2 is 1.93 bits per heavy atom. The SMILES string of the molecule is N[C@H](CC1CC1)c1c(Br)ccc(Br)c1O. The first-order valence-electron chi connectivity index (χ1n) is 5.02. The van der Waals surface area contributed by atoms with E-state index >= 15 is 0 Å². The van der Waals surface area contributed by atoms with Gasteiger partial charge in [0.25, 0.3) is 0 Å². The van der Waals surface area contributed by atoms with Crippen LogP contribution in [0.4, 0.5) is 0 Å². The second-order valence-electron chi connectivity index (χ2n) is 4.08. The highest BCUT2D eigenvalue weighted by Gasteiger charge is 2.27. The van der Waals surface area contributed by atoms with E-state index in [1.807, 2.05) is 12.1 Å². The minimum atomic E-state index is -0.0793. The minimum Gasteiger partial charge on any atom is -0.506 e. The van der Waals surface area contributed by atoms with Gasteiger partial charge in [-0.1, -0.05) is 28.8 Å². The van der Waals surface area contributed by atoms with Crippen LogP contribution in [0.25, 0.3) is 0 Å². The van der Waals surface area contributed by atoms with Crippen LogP contribution in [0.5, 0.6) is 5.75 Å². The molecule has 0 aliphatic heterocycles. The molecule has 2 nitrogen and oxygen atoms in total. The lowest BCUT2D eigenvalue weighted by molar-refractivity contribution is 0.451. The van der Waals surface area contributed by atoms with Gasteiger partial charge in [0, 0.05) is 16.1 Å². The zero-order chi connectivity index (χ0) is 11.0. The summed E-state index contributed by atoms with van der Waals surface area (Å²) in [7, 11) is 0. The van der Waals surface area contributed by atoms with E-state index < -0.39 is 0 Å². The zero-order valence-electron chi connectivity index (χ0n) is 8.21. The van der Waals surface area contributed by atoms with Crippen molar-refractivity contribution in [2.45, 2.75) is 25.3 Å². The number of hydrogen-bond donors (Lipinski definition) is 2. The van der Waals surface area contributed by atoms with Crippen molar-refractivity contribution >= 4 is 31.9 Å². The summed E-state index contributed by atoms with van der Waals surface area (Å²) in [6.45, 7) is 0. The molecule has 0 aromatic heterocycles. The fourth-order valence-electron chi connectivity index (χ4n) is 1.74. The topological polar surface area (TPSA) is 46.2 Å². The second-order valence-corrected chi connectivity index (χ2v) is 5.79. The fourth-order valence-corrected chi connectivity index (χ4v) is 2.70. The number of halogens is 2. The fraction of sp³-hybridized carbons (Fsp3) is 0.455. The van der Waals surface area contributed by atoms with Crippen molar-refractivity contribution in [3.05, 3.63) is 26.6 Å². The van der Waals surface area contributed by atoms with Gasteiger partial charge in [-0.15, -0.1) is 0 Å². The van der Waals surface area contributed by atoms with Gasteiger partial charge in [-0.05, 0) is 40.4 Å². The van der Waals surface area contributed by atoms with Crippen molar-refractivity contribution in [3.63, 3.8) is 0 Å². The molecule has 1 atom stereocenters. The quantitative estimate of drug-likeness (QED) is 0.885. The number of hydrogen-bond acceptors (Lipinski definition) is 2. The average Bonchev–Trinajstić information content (AvgIpc) is 2.96. The first kappa shape index (κ1) is 11.4. The Bertz CT molecular complexity index is 377. The molecule has 0 amide bonds. The van der Waals surface area contributed by atoms with E-state index in [1.54, 1.807) is 0 Å². The van der Waals surface area contributed by atoms with Gasteiger partial charge in [0.1, 0.15) is 5.75 Å². The van der Waals surface area contributed by atoms with Crippen molar-refractivity contribution < 1.29 is 5.11 Å². The van der Waals surface area contributed by atoms with Crippen molar-refractivity contribution in [1.29, 1.82) is 0 Å². The summed E-state index contributed by atoms with van der Waals surface area (Å²) >= 11 is 6.74. The maximum atomic E-state index is 9.93. The van der Waals surface area contributed by atoms with Gasteiger partial charge in [-0.25, -0.2) is 0 Å². The van der Waals surface area contributed by atoms with Crippen molar-refractivity contribution in [3.8, 4) is 5.75 Å². The molecule has 0 bridgehead atoms. The van der Waals surface area contributed by atoms with Crippen LogP contribution in [0.1, 0.15) is 30.9 Å². The predicted molar refractivity (Wildman–Crippen MR) is 67.8 cm³/mol. The molecular weight excluding hydrogens is 322 g/mol. The molecule has 0 spiro atoms. The summed E-state index contributed by atoms with van der Waals surface area (Å²) in [6.07, 6.45) is 3.52. The number of phenolic OH excluding ortho intramolecular Hbond substituents is 1. The van der Waals surface area contributed by atoms with Crippen LogP contribution in [0.2, 0.25) is 0 Å². The van der Waals surface area contributed by atoms with Gasteiger partial charge < -0.3 is 10.8 Å². The third-order valence-electron chi connectivity index (χ3n) is 2.77. The molecule has 1 aliphatic carbocycles. The summed E-state index contributed by atoms with van der Waals surface area (Å²) in [5.41, 5.74) is 6.91. The molecule has 1 aromatic rings. The van der Waals surface area contributed by atoms with Crippen molar-refractivity contribution in [2.75, 3.05) is 0 Å². The van der Waals surface area contributed by atoms with Crippen LogP contribution in [-0.4, -0.2) is 5.11 Å². The van der Waals surface area contributed by atoms with Crippen LogP contribution in [0, 0.1) is 5.92 Å². The van der Waals surface area contributed by atoms with Crippen molar-refractivity contribution in [2.24, 2.45) is 11.7 Å². The van der Waals surface area contributed by atoms with E-state index in [0.717, 1.165) is 22.4 Å². The summed E-state index contributed by atoms with van der Waals surface area (Å²) < 4.78 is 1.59. The third kappa shape index (κ3) is 2.55. The maximum absolute atomic E-state index is 9.93. The van der Waals surface area contributed by atoms with E-state index in [4.69, 9.17) is 5.73 Å². The highest BCUT2D eigenvalue weighted by molar-refractivity contribution is 9.11. The number of benzene rings is 1. The summed E-state index contributed by atoms with van der Waals surface area (Å²) in [5, 5.41) is 9.93. The van der Waals surface area contributed by atoms with Gasteiger partial charge in [0.15, 0.2) is 0 Å². The normalized spacial score (nSPS) is 17.8. The molecule has 1 fully saturated rings. The second kappa shape index (κ2) is 4.44. The molecule has 0 unspecified atom stereocenters. The molecule has 4 heteroatoms. The molecule has 82 valence electrons. The van der Waals surface area contributed by atoms with E-state index in [2.05, 4.69) is 31.9 Å². The molecule has 3 N–H and O–H groups in total. The van der Waals surface area contributed by atoms with E-state index in [1.165, 1.54) is 12.8 Å². The molecular formula is C11H13Br2NO. The molecule has 0 heterocycles. The van der Waals surface area contributed by atoms with E-state index in [0.29, 0.717) is 4.47 Å². The maximum Gasteiger partial charge on any atom is 0.135 e. The highest BCUT2D eigenvalue weighted by Crippen LogP contribution is 2.42. The Hall–Kier alpha value is -0.0600. The van der Waals surface area contributed by atoms with Crippen LogP contribution < -0.4 is 5.73 Å². The predicted octanol–water partition coefficient (Wildman–Crippen LogP) is 3.72. The molecule has 1 saturated carbocycles. The molecule has 1 aliphatic rings. The van der Waals surface area contributed by atoms with Crippen LogP contribution in [0.3, 0.4) is 0 Å². The number of phenols is 1. The summed E-state index contributed by atoms with van der Waals surface area (Å²) in [5.74, 6) is 1.02. The van der Waals surface area contributed by atoms with Gasteiger partial charge in [-0.3, -0.25) is 0 Å². The first-order chi connectivity index (χ1) is 7.09. The lowest BCUT2D eigenvalue weighted by Crippen LogP contribution is -2.12. The Kier molecular flexibility index (Phi) is 3.38. The lowest BCUT2D eigenvalue weighted by Gasteiger charge is -2.16. The van der Waals surface area contributed by atoms with E-state index in [9.17, 15) is 5.11 Å². The van der Waals surface area contributed by atoms with Gasteiger partial charge in [0.05, 0.1) is 4.47 Å². The van der Waals surface area contributed by atoms with Gasteiger partial charge in [0.2, 0.25) is 0 Å². The molecule has 1 aromatic carbocycles. The summed E-state index contributed by atoms with van der Waals surface area (Å²) in [6, 6.07) is 3.64. The van der Waals surface area contributed by atoms with Crippen molar-refractivity contribution in [1.82, 2.24) is 0 Å². The van der Waals surface area contributed by atoms with Gasteiger partial charge >= 0.3 is 0 Å². The molecule has 0 saturated heterocycles. The largest absolute Gasteiger partial charge is 0.506 e. The lowest BCUT2D eigenvalue weighted by atomic mass is 10.0. The number of rotatable bonds is 3. The molecule has 15 heavy (non-hydrogen) atoms. The Labute approximate surface area is 106 Å². The first-order valence-corrected chi connectivity index (χ1v) is 6.60. The highest BCUT2D eigenvalue weighted by atomic mass is 79.9. The van der Waals surface area contributed by atoms with Crippen LogP contribution >= 0.6 is 31.9 Å². The zero-order valence-corrected chi connectivity index (χ0v) is 11.4. The Morgan fingerprint density at radius 3 is 2.53 bits per heavy atom. The Balaban J connectivity index is 2.27. The number of aromatic hydroxyl groups is 1. The monoisotopic (exact) mass is 333 g/mol. The molecule has 0 radical (unpaired) electrons. The smallest absolute Gasteiger partial charge is 0.135 e. The standard InChI is InChI=1S/C11H13Br2NO/c12-7-3-4-8(13)11(15)10(7)9(14)5-6-1-2-6/h3-4,6,9,15H,1-2,5,14H2/t9-/m1/s1. The minimum absolute atomic E-state index is 0.0793.